The van der Waals surface area contributed by atoms with Gasteiger partial charge in [0.05, 0.1) is 17.1 Å². The Balaban J connectivity index is 1.37. The number of halogens is 4. The number of benzene rings is 1. The number of sulfonamides is 1. The third-order valence-electron chi connectivity index (χ3n) is 6.58. The second-order valence-corrected chi connectivity index (χ2v) is 10.9. The quantitative estimate of drug-likeness (QED) is 0.307. The fourth-order valence-corrected chi connectivity index (χ4v) is 6.07. The molecule has 0 bridgehead atoms. The summed E-state index contributed by atoms with van der Waals surface area (Å²) in [6, 6.07) is 3.57. The van der Waals surface area contributed by atoms with Crippen LogP contribution in [0.15, 0.2) is 63.8 Å². The van der Waals surface area contributed by atoms with Crippen LogP contribution >= 0.6 is 0 Å². The highest BCUT2D eigenvalue weighted by molar-refractivity contribution is 7.89. The summed E-state index contributed by atoms with van der Waals surface area (Å²) < 4.78 is 78.7. The van der Waals surface area contributed by atoms with Gasteiger partial charge in [0.25, 0.3) is 0 Å². The van der Waals surface area contributed by atoms with E-state index in [1.165, 1.54) is 23.4 Å². The molecule has 3 atom stereocenters. The van der Waals surface area contributed by atoms with E-state index in [9.17, 15) is 30.8 Å². The lowest BCUT2D eigenvalue weighted by atomic mass is 9.73. The van der Waals surface area contributed by atoms with E-state index >= 15 is 0 Å². The molecule has 2 aromatic rings. The minimum atomic E-state index is -4.65. The van der Waals surface area contributed by atoms with Gasteiger partial charge in [0.1, 0.15) is 18.2 Å². The molecule has 9 nitrogen and oxygen atoms in total. The normalized spacial score (nSPS) is 22.2. The molecule has 1 saturated heterocycles. The minimum Gasteiger partial charge on any atom is -0.349 e. The van der Waals surface area contributed by atoms with Gasteiger partial charge in [-0.1, -0.05) is 6.58 Å². The lowest BCUT2D eigenvalue weighted by molar-refractivity contribution is -0.145. The summed E-state index contributed by atoms with van der Waals surface area (Å²) in [7, 11) is -4.01. The molecule has 4 rings (SSSR count). The summed E-state index contributed by atoms with van der Waals surface area (Å²) in [5.41, 5.74) is 0.791. The van der Waals surface area contributed by atoms with Crippen LogP contribution in [-0.2, 0) is 21.0 Å². The Morgan fingerprint density at radius 3 is 2.45 bits per heavy atom. The van der Waals surface area contributed by atoms with E-state index in [0.29, 0.717) is 5.71 Å². The molecule has 0 unspecified atom stereocenters. The van der Waals surface area contributed by atoms with Crippen LogP contribution < -0.4 is 5.32 Å². The maximum atomic E-state index is 13.3. The predicted octanol–water partition coefficient (Wildman–Crippen LogP) is 3.20. The number of carbonyl (C=O) groups excluding carboxylic acids is 1. The first kappa shape index (κ1) is 27.5. The van der Waals surface area contributed by atoms with E-state index < -0.39 is 39.8 Å². The van der Waals surface area contributed by atoms with Crippen molar-refractivity contribution < 1.29 is 30.8 Å². The molecule has 1 amide bonds. The van der Waals surface area contributed by atoms with Gasteiger partial charge >= 0.3 is 6.18 Å². The molecular weight excluding hydrogens is 528 g/mol. The van der Waals surface area contributed by atoms with Crippen molar-refractivity contribution in [3.8, 4) is 0 Å². The van der Waals surface area contributed by atoms with Crippen molar-refractivity contribution in [2.75, 3.05) is 13.1 Å². The Morgan fingerprint density at radius 2 is 1.87 bits per heavy atom. The van der Waals surface area contributed by atoms with E-state index in [1.807, 2.05) is 0 Å². The zero-order valence-corrected chi connectivity index (χ0v) is 21.0. The first-order valence-corrected chi connectivity index (χ1v) is 13.0. The van der Waals surface area contributed by atoms with Gasteiger partial charge in [0.2, 0.25) is 21.8 Å². The largest absolute Gasteiger partial charge is 0.451 e. The Bertz CT molecular complexity index is 1380. The summed E-state index contributed by atoms with van der Waals surface area (Å²) in [5, 5.41) is 2.67. The maximum Gasteiger partial charge on any atom is 0.451 e. The fourth-order valence-electron chi connectivity index (χ4n) is 4.38. The van der Waals surface area contributed by atoms with Crippen LogP contribution in [0.5, 0.6) is 0 Å². The molecule has 2 fully saturated rings. The molecule has 38 heavy (non-hydrogen) atoms. The van der Waals surface area contributed by atoms with E-state index in [4.69, 9.17) is 0 Å². The van der Waals surface area contributed by atoms with Crippen molar-refractivity contribution in [2.45, 2.75) is 36.9 Å². The van der Waals surface area contributed by atoms with Gasteiger partial charge in [-0.2, -0.15) is 17.5 Å². The van der Waals surface area contributed by atoms with E-state index in [2.05, 4.69) is 31.8 Å². The monoisotopic (exact) mass is 552 g/mol. The van der Waals surface area contributed by atoms with Crippen molar-refractivity contribution in [3.63, 3.8) is 0 Å². The molecule has 1 aromatic heterocycles. The Kier molecular flexibility index (Phi) is 7.74. The van der Waals surface area contributed by atoms with Crippen LogP contribution in [-0.4, -0.2) is 59.8 Å². The Hall–Kier alpha value is -3.52. The number of alkyl halides is 3. The lowest BCUT2D eigenvalue weighted by Crippen LogP contribution is -2.49. The first-order chi connectivity index (χ1) is 17.9. The zero-order chi connectivity index (χ0) is 27.7. The van der Waals surface area contributed by atoms with Gasteiger partial charge in [-0.15, -0.1) is 0 Å². The van der Waals surface area contributed by atoms with Crippen LogP contribution in [0.25, 0.3) is 0 Å². The number of nitrogens with one attached hydrogen (secondary N) is 1. The summed E-state index contributed by atoms with van der Waals surface area (Å²) in [4.78, 5) is 27.5. The smallest absolute Gasteiger partial charge is 0.349 e. The number of amides is 1. The number of aliphatic imine (C=N–C) groups is 2. The topological polar surface area (TPSA) is 117 Å². The SMILES string of the molecule is C=C(CNC(=O)[C@@H]1[C@H]2CC[C@H]2CN1S(=O)(=O)c1ccc(F)cc1)/N=C\N=C(/C)c1cnc(C(F)(F)F)nc1. The van der Waals surface area contributed by atoms with Crippen LogP contribution in [0, 0.1) is 17.7 Å². The van der Waals surface area contributed by atoms with Gasteiger partial charge in [-0.3, -0.25) is 4.79 Å². The average molecular weight is 553 g/mol. The Morgan fingerprint density at radius 1 is 1.21 bits per heavy atom. The van der Waals surface area contributed by atoms with Crippen molar-refractivity contribution in [1.29, 1.82) is 0 Å². The molecule has 14 heteroatoms. The molecule has 2 aliphatic rings. The number of fused-ring (bicyclic) bond motifs is 1. The second kappa shape index (κ2) is 10.7. The van der Waals surface area contributed by atoms with Gasteiger partial charge in [0.15, 0.2) is 0 Å². The maximum absolute atomic E-state index is 13.3. The number of carbonyl (C=O) groups is 1. The van der Waals surface area contributed by atoms with Crippen molar-refractivity contribution in [1.82, 2.24) is 19.6 Å². The summed E-state index contributed by atoms with van der Waals surface area (Å²) in [6.07, 6.45) is 0.0239. The first-order valence-electron chi connectivity index (χ1n) is 11.6. The fraction of sp³-hybridized carbons (Fsp3) is 0.375. The summed E-state index contributed by atoms with van der Waals surface area (Å²) >= 11 is 0. The van der Waals surface area contributed by atoms with E-state index in [1.54, 1.807) is 0 Å². The second-order valence-electron chi connectivity index (χ2n) is 9.01. The molecule has 0 spiro atoms. The van der Waals surface area contributed by atoms with Crippen LogP contribution in [0.2, 0.25) is 0 Å². The molecule has 0 radical (unpaired) electrons. The minimum absolute atomic E-state index is 0.0775. The third kappa shape index (κ3) is 5.80. The molecule has 1 aliphatic heterocycles. The lowest BCUT2D eigenvalue weighted by Gasteiger charge is -2.32. The molecule has 202 valence electrons. The number of hydrogen-bond donors (Lipinski definition) is 1. The molecular formula is C24H24F4N6O3S. The molecule has 1 saturated carbocycles. The Labute approximate surface area is 216 Å². The highest BCUT2D eigenvalue weighted by Crippen LogP contribution is 2.46. The molecule has 1 aliphatic carbocycles. The van der Waals surface area contributed by atoms with Crippen molar-refractivity contribution in [2.24, 2.45) is 21.8 Å². The molecule has 1 aromatic carbocycles. The number of hydrogen-bond acceptors (Lipinski definition) is 6. The molecule has 1 N–H and O–H groups in total. The average Bonchev–Trinajstić information content (AvgIpc) is 3.12. The highest BCUT2D eigenvalue weighted by Gasteiger charge is 2.54. The van der Waals surface area contributed by atoms with Gasteiger partial charge in [-0.25, -0.2) is 32.8 Å². The predicted molar refractivity (Wildman–Crippen MR) is 130 cm³/mol. The molecule has 2 heterocycles. The van der Waals surface area contributed by atoms with Gasteiger partial charge in [0, 0.05) is 30.2 Å². The van der Waals surface area contributed by atoms with E-state index in [-0.39, 0.29) is 41.1 Å². The standard InChI is InChI=1S/C24H24F4N6O3S/c1-14(32-13-33-15(2)17-10-30-23(31-11-17)24(26,27)28)9-29-22(35)21-20-8-3-16(20)12-34(21)38(36,37)19-6-4-18(25)5-7-19/h4-7,10-11,13,16,20-21H,1,3,8-9,12H2,2H3,(H,29,35)/b32-13-,33-15+/t16-,20-,21-/m0/s1. The van der Waals surface area contributed by atoms with Crippen LogP contribution in [0.4, 0.5) is 17.6 Å². The number of rotatable bonds is 8. The van der Waals surface area contributed by atoms with Crippen molar-refractivity contribution >= 4 is 28.0 Å². The van der Waals surface area contributed by atoms with E-state index in [0.717, 1.165) is 43.7 Å². The van der Waals surface area contributed by atoms with Gasteiger partial charge in [-0.05, 0) is 55.9 Å². The number of aromatic nitrogens is 2. The van der Waals surface area contributed by atoms with Crippen LogP contribution in [0.3, 0.4) is 0 Å². The zero-order valence-electron chi connectivity index (χ0n) is 20.2. The number of nitrogens with zero attached hydrogens (tertiary/aromatic N) is 5. The summed E-state index contributed by atoms with van der Waals surface area (Å²) in [5.74, 6) is -2.34. The van der Waals surface area contributed by atoms with Gasteiger partial charge < -0.3 is 5.32 Å². The van der Waals surface area contributed by atoms with Crippen molar-refractivity contribution in [3.05, 3.63) is 66.1 Å². The summed E-state index contributed by atoms with van der Waals surface area (Å²) in [6.45, 7) is 5.40. The van der Waals surface area contributed by atoms with Crippen LogP contribution in [0.1, 0.15) is 31.2 Å². The third-order valence-corrected chi connectivity index (χ3v) is 8.44. The highest BCUT2D eigenvalue weighted by atomic mass is 32.2.